The predicted octanol–water partition coefficient (Wildman–Crippen LogP) is 9.69. The summed E-state index contributed by atoms with van der Waals surface area (Å²) in [6, 6.07) is 8.30. The van der Waals surface area contributed by atoms with E-state index in [1.807, 2.05) is 0 Å². The summed E-state index contributed by atoms with van der Waals surface area (Å²) in [6.07, 6.45) is 34.6. The molecule has 0 aliphatic heterocycles. The number of esters is 1. The molecule has 1 aromatic carbocycles. The Hall–Kier alpha value is -0.290. The third-order valence-electron chi connectivity index (χ3n) is 8.36. The second-order valence-corrected chi connectivity index (χ2v) is 14.9. The average Bonchev–Trinajstić information content (AvgIpc) is 3.14. The van der Waals surface area contributed by atoms with Crippen molar-refractivity contribution in [2.24, 2.45) is 0 Å². The van der Waals surface area contributed by atoms with Gasteiger partial charge in [0.1, 0.15) is 0 Å². The van der Waals surface area contributed by atoms with Gasteiger partial charge in [0.05, 0.1) is 18.8 Å². The molecule has 12 nitrogen and oxygen atoms in total. The Kier molecular flexibility index (Phi) is 66.5. The fourth-order valence-electron chi connectivity index (χ4n) is 5.34. The standard InChI is InChI=1S/C22H40O4.C12H26O4S.C7H6O2.C2H4O2.3Na.3H/c1-2-3-4-5-6-7-8-9-10-11-12-13-14-15-16-17-20-26-22(25)19-18-21(23)24;1-2-3-4-5-6-7-8-9-10-11-12-16-17(13,14)15;8-7(9)6-4-2-1-3-5-6;1-2(3)4;;;;;;/h18-19H,2-17,20H2,1H3,(H,23,24);2-12H2,1H3,(H,13,14,15);1-5H,(H,8,9);1H3,(H,3,4);;;;;;/b19-18+;;;;;;;;;. The fourth-order valence-corrected chi connectivity index (χ4v) is 5.67. The van der Waals surface area contributed by atoms with Gasteiger partial charge in [-0.2, -0.15) is 8.42 Å². The van der Waals surface area contributed by atoms with Crippen LogP contribution in [0.15, 0.2) is 42.5 Å². The number of aromatic carboxylic acids is 1. The van der Waals surface area contributed by atoms with Gasteiger partial charge in [0.2, 0.25) is 0 Å². The number of benzene rings is 1. The quantitative estimate of drug-likeness (QED) is 0.0176. The number of rotatable bonds is 32. The SMILES string of the molecule is CC(=O)O.CCCCCCCCCCCCCCCCCCOC(=O)/C=C/C(=O)O.CCCCCCCCCCCCOS(=O)(=O)O.O=C(O)c1ccccc1.[NaH].[NaH].[NaH]. The Labute approximate surface area is 424 Å². The average molecular weight is 889 g/mol. The van der Waals surface area contributed by atoms with Crippen molar-refractivity contribution in [3.05, 3.63) is 48.0 Å². The van der Waals surface area contributed by atoms with E-state index in [-0.39, 0.29) is 95.3 Å². The van der Waals surface area contributed by atoms with Crippen molar-refractivity contribution in [1.29, 1.82) is 0 Å². The predicted molar refractivity (Wildman–Crippen MR) is 245 cm³/mol. The molecule has 0 aromatic heterocycles. The molecule has 1 aromatic rings. The van der Waals surface area contributed by atoms with Gasteiger partial charge in [-0.05, 0) is 25.0 Å². The van der Waals surface area contributed by atoms with E-state index in [0.717, 1.165) is 44.8 Å². The second-order valence-electron chi connectivity index (χ2n) is 13.8. The Morgan fingerprint density at radius 1 is 0.525 bits per heavy atom. The number of ether oxygens (including phenoxy) is 1. The number of unbranched alkanes of at least 4 members (excludes halogenated alkanes) is 24. The second kappa shape index (κ2) is 55.7. The van der Waals surface area contributed by atoms with Gasteiger partial charge in [-0.25, -0.2) is 18.6 Å². The van der Waals surface area contributed by atoms with Crippen molar-refractivity contribution in [3.63, 3.8) is 0 Å². The summed E-state index contributed by atoms with van der Waals surface area (Å²) in [7, 11) is -4.23. The summed E-state index contributed by atoms with van der Waals surface area (Å²) in [5.74, 6) is -3.42. The third kappa shape index (κ3) is 72.5. The topological polar surface area (TPSA) is 202 Å². The summed E-state index contributed by atoms with van der Waals surface area (Å²) >= 11 is 0. The van der Waals surface area contributed by atoms with Crippen LogP contribution in [0.3, 0.4) is 0 Å². The monoisotopic (exact) mass is 888 g/mol. The zero-order valence-corrected chi connectivity index (χ0v) is 35.6. The fraction of sp³-hybridized carbons (Fsp3) is 0.721. The first-order chi connectivity index (χ1) is 26.8. The molecule has 0 unspecified atom stereocenters. The molecular weight excluding hydrogens is 809 g/mol. The van der Waals surface area contributed by atoms with Gasteiger partial charge < -0.3 is 20.1 Å². The summed E-state index contributed by atoms with van der Waals surface area (Å²) in [5.41, 5.74) is 0.331. The van der Waals surface area contributed by atoms with Gasteiger partial charge in [-0.15, -0.1) is 0 Å². The normalized spacial score (nSPS) is 10.1. The molecule has 0 spiro atoms. The molecule has 0 saturated carbocycles. The minimum atomic E-state index is -4.23. The van der Waals surface area contributed by atoms with Gasteiger partial charge in [0.15, 0.2) is 0 Å². The van der Waals surface area contributed by atoms with Crippen LogP contribution in [0.25, 0.3) is 0 Å². The van der Waals surface area contributed by atoms with Crippen molar-refractivity contribution < 1.29 is 56.4 Å². The Bertz CT molecular complexity index is 1200. The van der Waals surface area contributed by atoms with Crippen molar-refractivity contribution in [1.82, 2.24) is 0 Å². The summed E-state index contributed by atoms with van der Waals surface area (Å²) < 4.78 is 37.9. The number of carbonyl (C=O) groups is 4. The molecule has 332 valence electrons. The van der Waals surface area contributed by atoms with Gasteiger partial charge in [-0.1, -0.05) is 186 Å². The van der Waals surface area contributed by atoms with Gasteiger partial charge in [0, 0.05) is 19.1 Å². The Morgan fingerprint density at radius 3 is 1.10 bits per heavy atom. The molecule has 59 heavy (non-hydrogen) atoms. The van der Waals surface area contributed by atoms with Crippen LogP contribution in [0, 0.1) is 0 Å². The van der Waals surface area contributed by atoms with E-state index in [9.17, 15) is 22.8 Å². The summed E-state index contributed by atoms with van der Waals surface area (Å²) in [4.78, 5) is 40.6. The first kappa shape index (κ1) is 70.4. The molecular formula is C43H79Na3O12S. The van der Waals surface area contributed by atoms with Crippen molar-refractivity contribution >= 4 is 123 Å². The summed E-state index contributed by atoms with van der Waals surface area (Å²) in [6.45, 7) is 6.03. The molecule has 0 aliphatic rings. The molecule has 0 radical (unpaired) electrons. The van der Waals surface area contributed by atoms with E-state index < -0.39 is 34.3 Å². The van der Waals surface area contributed by atoms with Crippen LogP contribution in [-0.4, -0.2) is 154 Å². The third-order valence-corrected chi connectivity index (χ3v) is 8.82. The number of carbonyl (C=O) groups excluding carboxylic acids is 1. The first-order valence-electron chi connectivity index (χ1n) is 20.9. The zero-order chi connectivity index (χ0) is 42.5. The molecule has 4 N–H and O–H groups in total. The number of carboxylic acid groups (broad SMARTS) is 3. The van der Waals surface area contributed by atoms with Crippen LogP contribution >= 0.6 is 0 Å². The summed E-state index contributed by atoms with van der Waals surface area (Å²) in [5, 5.41) is 24.2. The van der Waals surface area contributed by atoms with E-state index in [4.69, 9.17) is 29.4 Å². The van der Waals surface area contributed by atoms with Crippen molar-refractivity contribution in [3.8, 4) is 0 Å². The maximum absolute atomic E-state index is 11.1. The van der Waals surface area contributed by atoms with E-state index >= 15 is 0 Å². The Morgan fingerprint density at radius 2 is 0.831 bits per heavy atom. The van der Waals surface area contributed by atoms with E-state index in [1.165, 1.54) is 135 Å². The molecule has 0 saturated heterocycles. The number of hydrogen-bond donors (Lipinski definition) is 4. The van der Waals surface area contributed by atoms with Crippen LogP contribution in [0.1, 0.15) is 198 Å². The molecule has 0 aliphatic carbocycles. The number of aliphatic carboxylic acids is 2. The van der Waals surface area contributed by atoms with Crippen LogP contribution in [0.4, 0.5) is 0 Å². The Balaban J connectivity index is -0.000000182. The van der Waals surface area contributed by atoms with E-state index in [1.54, 1.807) is 30.3 Å². The number of carboxylic acids is 3. The van der Waals surface area contributed by atoms with Crippen LogP contribution in [0.5, 0.6) is 0 Å². The molecule has 0 amide bonds. The van der Waals surface area contributed by atoms with Crippen LogP contribution in [-0.2, 0) is 33.7 Å². The van der Waals surface area contributed by atoms with Crippen molar-refractivity contribution in [2.45, 2.75) is 188 Å². The first-order valence-corrected chi connectivity index (χ1v) is 22.3. The molecule has 0 bridgehead atoms. The minimum absolute atomic E-state index is 0. The molecule has 0 atom stereocenters. The molecule has 16 heteroatoms. The van der Waals surface area contributed by atoms with Gasteiger partial charge in [-0.3, -0.25) is 9.35 Å². The van der Waals surface area contributed by atoms with Gasteiger partial charge in [0.25, 0.3) is 5.97 Å². The maximum atomic E-state index is 11.1. The molecule has 0 fully saturated rings. The van der Waals surface area contributed by atoms with Crippen molar-refractivity contribution in [2.75, 3.05) is 13.2 Å². The molecule has 1 rings (SSSR count). The van der Waals surface area contributed by atoms with Crippen LogP contribution in [0.2, 0.25) is 0 Å². The van der Waals surface area contributed by atoms with Gasteiger partial charge >= 0.3 is 117 Å². The number of hydrogen-bond acceptors (Lipinski definition) is 8. The zero-order valence-electron chi connectivity index (χ0n) is 34.8. The molecule has 0 heterocycles. The van der Waals surface area contributed by atoms with Crippen LogP contribution < -0.4 is 0 Å². The van der Waals surface area contributed by atoms with E-state index in [2.05, 4.69) is 18.0 Å². The van der Waals surface area contributed by atoms with E-state index in [0.29, 0.717) is 18.6 Å².